The SMILES string of the molecule is CC[C@](O)(OC(=O)NCc1ccccc1)c1ccccc1F. The number of hydrogen-bond donors (Lipinski definition) is 2. The Kier molecular flexibility index (Phi) is 5.12. The van der Waals surface area contributed by atoms with Crippen LogP contribution in [-0.4, -0.2) is 11.2 Å². The summed E-state index contributed by atoms with van der Waals surface area (Å²) >= 11 is 0. The average molecular weight is 303 g/mol. The van der Waals surface area contributed by atoms with Crippen LogP contribution in [0.3, 0.4) is 0 Å². The predicted molar refractivity (Wildman–Crippen MR) is 80.4 cm³/mol. The Morgan fingerprint density at radius 3 is 2.45 bits per heavy atom. The molecule has 2 rings (SSSR count). The van der Waals surface area contributed by atoms with Gasteiger partial charge in [-0.1, -0.05) is 49.4 Å². The van der Waals surface area contributed by atoms with Crippen LogP contribution in [0.5, 0.6) is 0 Å². The third-order valence-electron chi connectivity index (χ3n) is 3.32. The first kappa shape index (κ1) is 16.0. The fraction of sp³-hybridized carbons (Fsp3) is 0.235. The molecule has 0 fully saturated rings. The van der Waals surface area contributed by atoms with Gasteiger partial charge in [0.1, 0.15) is 5.82 Å². The minimum Gasteiger partial charge on any atom is -0.413 e. The fourth-order valence-corrected chi connectivity index (χ4v) is 2.06. The highest BCUT2D eigenvalue weighted by atomic mass is 19.1. The number of nitrogens with one attached hydrogen (secondary N) is 1. The van der Waals surface area contributed by atoms with Crippen molar-refractivity contribution in [3.8, 4) is 0 Å². The first-order chi connectivity index (χ1) is 10.5. The summed E-state index contributed by atoms with van der Waals surface area (Å²) in [4.78, 5) is 11.9. The van der Waals surface area contributed by atoms with E-state index in [1.54, 1.807) is 13.0 Å². The molecule has 1 amide bonds. The smallest absolute Gasteiger partial charge is 0.410 e. The zero-order valence-electron chi connectivity index (χ0n) is 12.3. The van der Waals surface area contributed by atoms with Gasteiger partial charge in [-0.3, -0.25) is 0 Å². The van der Waals surface area contributed by atoms with Crippen LogP contribution in [0.1, 0.15) is 24.5 Å². The van der Waals surface area contributed by atoms with Gasteiger partial charge in [-0.15, -0.1) is 0 Å². The summed E-state index contributed by atoms with van der Waals surface area (Å²) in [6, 6.07) is 15.0. The van der Waals surface area contributed by atoms with E-state index in [-0.39, 0.29) is 18.5 Å². The Morgan fingerprint density at radius 2 is 1.82 bits per heavy atom. The molecule has 0 saturated carbocycles. The van der Waals surface area contributed by atoms with Crippen LogP contribution in [0.2, 0.25) is 0 Å². The highest BCUT2D eigenvalue weighted by molar-refractivity contribution is 5.67. The van der Waals surface area contributed by atoms with Gasteiger partial charge >= 0.3 is 6.09 Å². The number of halogens is 1. The number of aliphatic hydroxyl groups is 1. The van der Waals surface area contributed by atoms with Crippen molar-refractivity contribution >= 4 is 6.09 Å². The van der Waals surface area contributed by atoms with Gasteiger partial charge in [-0.05, 0) is 17.7 Å². The van der Waals surface area contributed by atoms with Gasteiger partial charge in [0.15, 0.2) is 0 Å². The Bertz CT molecular complexity index is 633. The third kappa shape index (κ3) is 3.83. The van der Waals surface area contributed by atoms with Crippen molar-refractivity contribution in [1.29, 1.82) is 0 Å². The van der Waals surface area contributed by atoms with Crippen molar-refractivity contribution in [2.75, 3.05) is 0 Å². The minimum atomic E-state index is -1.99. The lowest BCUT2D eigenvalue weighted by Gasteiger charge is -2.27. The summed E-state index contributed by atoms with van der Waals surface area (Å²) in [5.74, 6) is -2.62. The molecule has 0 heterocycles. The molecular formula is C17H18FNO3. The minimum absolute atomic E-state index is 0.0344. The molecule has 116 valence electrons. The highest BCUT2D eigenvalue weighted by Crippen LogP contribution is 2.28. The molecule has 0 aliphatic carbocycles. The van der Waals surface area contributed by atoms with Crippen LogP contribution >= 0.6 is 0 Å². The number of amides is 1. The summed E-state index contributed by atoms with van der Waals surface area (Å²) in [7, 11) is 0. The van der Waals surface area contributed by atoms with Crippen LogP contribution in [0, 0.1) is 5.82 Å². The zero-order valence-corrected chi connectivity index (χ0v) is 12.3. The van der Waals surface area contributed by atoms with Crippen molar-refractivity contribution in [3.05, 3.63) is 71.5 Å². The molecule has 0 aliphatic rings. The second-order valence-corrected chi connectivity index (χ2v) is 4.85. The van der Waals surface area contributed by atoms with Gasteiger partial charge < -0.3 is 15.2 Å². The number of carbonyl (C=O) groups is 1. The molecule has 0 aliphatic heterocycles. The predicted octanol–water partition coefficient (Wildman–Crippen LogP) is 3.31. The fourth-order valence-electron chi connectivity index (χ4n) is 2.06. The van der Waals surface area contributed by atoms with E-state index in [0.717, 1.165) is 5.56 Å². The summed E-state index contributed by atoms with van der Waals surface area (Å²) in [6.07, 6.45) is -0.774. The van der Waals surface area contributed by atoms with E-state index >= 15 is 0 Å². The van der Waals surface area contributed by atoms with Crippen LogP contribution in [0.15, 0.2) is 54.6 Å². The molecule has 0 bridgehead atoms. The monoisotopic (exact) mass is 303 g/mol. The lowest BCUT2D eigenvalue weighted by molar-refractivity contribution is -0.174. The van der Waals surface area contributed by atoms with E-state index in [2.05, 4.69) is 5.32 Å². The maximum atomic E-state index is 13.8. The first-order valence-electron chi connectivity index (χ1n) is 7.03. The van der Waals surface area contributed by atoms with Crippen molar-refractivity contribution < 1.29 is 19.0 Å². The average Bonchev–Trinajstić information content (AvgIpc) is 2.54. The number of carbonyl (C=O) groups excluding carboxylic acids is 1. The summed E-state index contributed by atoms with van der Waals surface area (Å²) in [5.41, 5.74) is 0.831. The van der Waals surface area contributed by atoms with Gasteiger partial charge in [0.2, 0.25) is 5.79 Å². The summed E-state index contributed by atoms with van der Waals surface area (Å²) in [5, 5.41) is 13.0. The molecule has 5 heteroatoms. The number of rotatable bonds is 5. The van der Waals surface area contributed by atoms with E-state index in [1.165, 1.54) is 18.2 Å². The quantitative estimate of drug-likeness (QED) is 0.833. The van der Waals surface area contributed by atoms with Crippen LogP contribution in [0.25, 0.3) is 0 Å². The topological polar surface area (TPSA) is 58.6 Å². The molecule has 0 saturated heterocycles. The standard InChI is InChI=1S/C17H18FNO3/c1-2-17(21,14-10-6-7-11-15(14)18)22-16(20)19-12-13-8-4-3-5-9-13/h3-11,21H,2,12H2,1H3,(H,19,20)/t17-/m0/s1. The Morgan fingerprint density at radius 1 is 1.18 bits per heavy atom. The third-order valence-corrected chi connectivity index (χ3v) is 3.32. The first-order valence-corrected chi connectivity index (χ1v) is 7.03. The molecular weight excluding hydrogens is 285 g/mol. The largest absolute Gasteiger partial charge is 0.413 e. The summed E-state index contributed by atoms with van der Waals surface area (Å²) < 4.78 is 18.8. The molecule has 4 nitrogen and oxygen atoms in total. The number of ether oxygens (including phenoxy) is 1. The normalized spacial score (nSPS) is 13.2. The Labute approximate surface area is 128 Å². The van der Waals surface area contributed by atoms with Crippen LogP contribution in [-0.2, 0) is 17.1 Å². The Hall–Kier alpha value is -2.40. The second-order valence-electron chi connectivity index (χ2n) is 4.85. The van der Waals surface area contributed by atoms with Crippen molar-refractivity contribution in [1.82, 2.24) is 5.32 Å². The van der Waals surface area contributed by atoms with E-state index in [9.17, 15) is 14.3 Å². The van der Waals surface area contributed by atoms with Gasteiger partial charge in [0.25, 0.3) is 0 Å². The zero-order chi connectivity index (χ0) is 16.0. The maximum absolute atomic E-state index is 13.8. The van der Waals surface area contributed by atoms with E-state index in [1.807, 2.05) is 30.3 Å². The molecule has 2 aromatic rings. The second kappa shape index (κ2) is 7.04. The molecule has 2 N–H and O–H groups in total. The molecule has 0 aromatic heterocycles. The number of benzene rings is 2. The summed E-state index contributed by atoms with van der Waals surface area (Å²) in [6.45, 7) is 1.87. The molecule has 0 radical (unpaired) electrons. The molecule has 0 spiro atoms. The van der Waals surface area contributed by atoms with Crippen LogP contribution < -0.4 is 5.32 Å². The van der Waals surface area contributed by atoms with E-state index in [4.69, 9.17) is 4.74 Å². The lowest BCUT2D eigenvalue weighted by atomic mass is 10.0. The maximum Gasteiger partial charge on any atom is 0.410 e. The van der Waals surface area contributed by atoms with E-state index in [0.29, 0.717) is 0 Å². The van der Waals surface area contributed by atoms with E-state index < -0.39 is 17.7 Å². The molecule has 22 heavy (non-hydrogen) atoms. The number of hydrogen-bond acceptors (Lipinski definition) is 3. The number of alkyl carbamates (subject to hydrolysis) is 1. The lowest BCUT2D eigenvalue weighted by Crippen LogP contribution is -2.37. The van der Waals surface area contributed by atoms with Gasteiger partial charge in [0.05, 0.1) is 5.56 Å². The van der Waals surface area contributed by atoms with Crippen LogP contribution in [0.4, 0.5) is 9.18 Å². The highest BCUT2D eigenvalue weighted by Gasteiger charge is 2.34. The molecule has 2 aromatic carbocycles. The molecule has 0 unspecified atom stereocenters. The van der Waals surface area contributed by atoms with Gasteiger partial charge in [-0.2, -0.15) is 0 Å². The van der Waals surface area contributed by atoms with Gasteiger partial charge in [0, 0.05) is 13.0 Å². The van der Waals surface area contributed by atoms with Crippen molar-refractivity contribution in [2.45, 2.75) is 25.7 Å². The van der Waals surface area contributed by atoms with Crippen molar-refractivity contribution in [2.24, 2.45) is 0 Å². The Balaban J connectivity index is 2.03. The van der Waals surface area contributed by atoms with Gasteiger partial charge in [-0.25, -0.2) is 9.18 Å². The van der Waals surface area contributed by atoms with Crippen molar-refractivity contribution in [3.63, 3.8) is 0 Å². The molecule has 1 atom stereocenters.